The first kappa shape index (κ1) is 24.6. The highest BCUT2D eigenvalue weighted by atomic mass is 32.2. The molecule has 1 saturated heterocycles. The Morgan fingerprint density at radius 3 is 2.43 bits per heavy atom. The van der Waals surface area contributed by atoms with E-state index in [1.165, 1.54) is 10.4 Å². The molecular weight excluding hydrogens is 466 g/mol. The van der Waals surface area contributed by atoms with Crippen molar-refractivity contribution in [2.75, 3.05) is 37.9 Å². The molecule has 3 aromatic rings. The van der Waals surface area contributed by atoms with Crippen molar-refractivity contribution in [3.63, 3.8) is 0 Å². The molecule has 4 rings (SSSR count). The van der Waals surface area contributed by atoms with Crippen LogP contribution >= 0.6 is 0 Å². The smallest absolute Gasteiger partial charge is 0.255 e. The summed E-state index contributed by atoms with van der Waals surface area (Å²) in [6.07, 6.45) is 1.66. The molecule has 3 aromatic carbocycles. The third-order valence-electron chi connectivity index (χ3n) is 5.87. The lowest BCUT2D eigenvalue weighted by molar-refractivity contribution is 0.102. The Morgan fingerprint density at radius 1 is 0.914 bits per heavy atom. The molecule has 1 fully saturated rings. The minimum Gasteiger partial charge on any atom is -0.497 e. The van der Waals surface area contributed by atoms with Crippen LogP contribution in [-0.2, 0) is 16.6 Å². The van der Waals surface area contributed by atoms with Gasteiger partial charge in [0, 0.05) is 48.2 Å². The van der Waals surface area contributed by atoms with E-state index in [9.17, 15) is 13.2 Å². The normalized spacial score (nSPS) is 13.9. The van der Waals surface area contributed by atoms with Gasteiger partial charge in [-0.3, -0.25) is 4.79 Å². The zero-order chi connectivity index (χ0) is 24.8. The van der Waals surface area contributed by atoms with E-state index in [0.717, 1.165) is 24.2 Å². The van der Waals surface area contributed by atoms with Crippen LogP contribution in [0, 0.1) is 0 Å². The summed E-state index contributed by atoms with van der Waals surface area (Å²) in [4.78, 5) is 13.2. The van der Waals surface area contributed by atoms with Crippen LogP contribution in [0.5, 0.6) is 11.5 Å². The van der Waals surface area contributed by atoms with Gasteiger partial charge in [-0.25, -0.2) is 8.42 Å². The summed E-state index contributed by atoms with van der Waals surface area (Å²) >= 11 is 0. The number of benzene rings is 3. The van der Waals surface area contributed by atoms with Crippen molar-refractivity contribution in [3.05, 3.63) is 77.9 Å². The molecule has 1 aliphatic rings. The largest absolute Gasteiger partial charge is 0.497 e. The molecule has 0 aliphatic carbocycles. The first-order valence-electron chi connectivity index (χ1n) is 11.4. The van der Waals surface area contributed by atoms with Gasteiger partial charge in [-0.1, -0.05) is 24.3 Å². The second-order valence-corrected chi connectivity index (χ2v) is 10.1. The Kier molecular flexibility index (Phi) is 7.57. The maximum Gasteiger partial charge on any atom is 0.255 e. The molecule has 184 valence electrons. The first-order valence-corrected chi connectivity index (χ1v) is 12.8. The minimum absolute atomic E-state index is 0.0835. The zero-order valence-electron chi connectivity index (χ0n) is 19.8. The molecular formula is C26H29N3O5S. The van der Waals surface area contributed by atoms with Gasteiger partial charge in [0.25, 0.3) is 5.91 Å². The molecule has 0 saturated carbocycles. The lowest BCUT2D eigenvalue weighted by Gasteiger charge is -2.18. The Hall–Kier alpha value is -3.56. The number of carbonyl (C=O) groups excluding carboxylic acids is 1. The third-order valence-corrected chi connectivity index (χ3v) is 7.75. The predicted molar refractivity (Wildman–Crippen MR) is 136 cm³/mol. The quantitative estimate of drug-likeness (QED) is 0.458. The van der Waals surface area contributed by atoms with E-state index in [0.29, 0.717) is 36.8 Å². The molecule has 0 unspecified atom stereocenters. The van der Waals surface area contributed by atoms with Crippen LogP contribution in [0.2, 0.25) is 0 Å². The first-order chi connectivity index (χ1) is 16.9. The molecule has 0 radical (unpaired) electrons. The number of anilines is 2. The molecule has 0 atom stereocenters. The molecule has 2 N–H and O–H groups in total. The van der Waals surface area contributed by atoms with E-state index in [2.05, 4.69) is 10.6 Å². The summed E-state index contributed by atoms with van der Waals surface area (Å²) in [6.45, 7) is 1.35. The van der Waals surface area contributed by atoms with Crippen molar-refractivity contribution >= 4 is 27.3 Å². The second-order valence-electron chi connectivity index (χ2n) is 8.21. The van der Waals surface area contributed by atoms with E-state index in [4.69, 9.17) is 9.47 Å². The fourth-order valence-electron chi connectivity index (χ4n) is 4.01. The minimum atomic E-state index is -3.73. The van der Waals surface area contributed by atoms with Gasteiger partial charge in [-0.05, 0) is 49.2 Å². The number of rotatable bonds is 9. The number of para-hydroxylation sites is 1. The molecule has 1 heterocycles. The van der Waals surface area contributed by atoms with E-state index in [1.807, 2.05) is 24.3 Å². The third kappa shape index (κ3) is 5.75. The van der Waals surface area contributed by atoms with Crippen LogP contribution in [0.4, 0.5) is 11.4 Å². The van der Waals surface area contributed by atoms with Crippen LogP contribution in [0.3, 0.4) is 0 Å². The molecule has 0 spiro atoms. The van der Waals surface area contributed by atoms with Crippen molar-refractivity contribution in [1.82, 2.24) is 4.31 Å². The monoisotopic (exact) mass is 495 g/mol. The summed E-state index contributed by atoms with van der Waals surface area (Å²) in [7, 11) is -0.579. The van der Waals surface area contributed by atoms with E-state index in [-0.39, 0.29) is 10.5 Å². The van der Waals surface area contributed by atoms with Crippen LogP contribution in [0.1, 0.15) is 28.8 Å². The van der Waals surface area contributed by atoms with Crippen LogP contribution in [0.15, 0.2) is 71.6 Å². The second kappa shape index (κ2) is 10.8. The number of hydrogen-bond donors (Lipinski definition) is 2. The lowest BCUT2D eigenvalue weighted by Crippen LogP contribution is -2.28. The molecule has 9 heteroatoms. The SMILES string of the molecule is COc1cccc(NC(=O)c2cc(NCc3ccccc3OC)cc(S(=O)(=O)N3CCCC3)c2)c1. The number of ether oxygens (including phenoxy) is 2. The molecule has 0 aromatic heterocycles. The van der Waals surface area contributed by atoms with Gasteiger partial charge >= 0.3 is 0 Å². The highest BCUT2D eigenvalue weighted by Gasteiger charge is 2.28. The van der Waals surface area contributed by atoms with E-state index >= 15 is 0 Å². The number of nitrogens with zero attached hydrogens (tertiary/aromatic N) is 1. The van der Waals surface area contributed by atoms with Crippen molar-refractivity contribution < 1.29 is 22.7 Å². The van der Waals surface area contributed by atoms with Gasteiger partial charge in [0.05, 0.1) is 19.1 Å². The summed E-state index contributed by atoms with van der Waals surface area (Å²) in [5.74, 6) is 0.904. The average molecular weight is 496 g/mol. The Balaban J connectivity index is 1.66. The summed E-state index contributed by atoms with van der Waals surface area (Å²) < 4.78 is 38.7. The molecule has 0 bridgehead atoms. The van der Waals surface area contributed by atoms with Gasteiger partial charge < -0.3 is 20.1 Å². The lowest BCUT2D eigenvalue weighted by atomic mass is 10.1. The summed E-state index contributed by atoms with van der Waals surface area (Å²) in [5.41, 5.74) is 2.21. The molecule has 8 nitrogen and oxygen atoms in total. The predicted octanol–water partition coefficient (Wildman–Crippen LogP) is 4.35. The standard InChI is InChI=1S/C26H29N3O5S/c1-33-23-10-7-9-21(16-23)28-26(30)20-14-22(27-18-19-8-3-4-11-25(19)34-2)17-24(15-20)35(31,32)29-12-5-6-13-29/h3-4,7-11,14-17,27H,5-6,12-13,18H2,1-2H3,(H,28,30). The molecule has 1 amide bonds. The van der Waals surface area contributed by atoms with Crippen molar-refractivity contribution in [2.45, 2.75) is 24.3 Å². The number of carbonyl (C=O) groups is 1. The van der Waals surface area contributed by atoms with Crippen LogP contribution in [-0.4, -0.2) is 45.9 Å². The van der Waals surface area contributed by atoms with Gasteiger partial charge in [0.2, 0.25) is 10.0 Å². The molecule has 35 heavy (non-hydrogen) atoms. The number of sulfonamides is 1. The number of hydrogen-bond acceptors (Lipinski definition) is 6. The van der Waals surface area contributed by atoms with Crippen LogP contribution in [0.25, 0.3) is 0 Å². The van der Waals surface area contributed by atoms with Gasteiger partial charge in [0.1, 0.15) is 11.5 Å². The highest BCUT2D eigenvalue weighted by Crippen LogP contribution is 2.27. The Bertz CT molecular complexity index is 1300. The zero-order valence-corrected chi connectivity index (χ0v) is 20.6. The molecule has 1 aliphatic heterocycles. The van der Waals surface area contributed by atoms with Crippen molar-refractivity contribution in [1.29, 1.82) is 0 Å². The summed E-state index contributed by atoms with van der Waals surface area (Å²) in [6, 6.07) is 19.2. The van der Waals surface area contributed by atoms with E-state index < -0.39 is 15.9 Å². The fraction of sp³-hybridized carbons (Fsp3) is 0.269. The Morgan fingerprint density at radius 2 is 1.69 bits per heavy atom. The average Bonchev–Trinajstić information content (AvgIpc) is 3.43. The van der Waals surface area contributed by atoms with Gasteiger partial charge in [-0.15, -0.1) is 0 Å². The van der Waals surface area contributed by atoms with E-state index in [1.54, 1.807) is 50.6 Å². The van der Waals surface area contributed by atoms with Gasteiger partial charge in [-0.2, -0.15) is 4.31 Å². The maximum atomic E-state index is 13.3. The van der Waals surface area contributed by atoms with Crippen LogP contribution < -0.4 is 20.1 Å². The summed E-state index contributed by atoms with van der Waals surface area (Å²) in [5, 5.41) is 6.08. The maximum absolute atomic E-state index is 13.3. The highest BCUT2D eigenvalue weighted by molar-refractivity contribution is 7.89. The van der Waals surface area contributed by atoms with Crippen molar-refractivity contribution in [3.8, 4) is 11.5 Å². The number of nitrogens with one attached hydrogen (secondary N) is 2. The topological polar surface area (TPSA) is 97.0 Å². The van der Waals surface area contributed by atoms with Gasteiger partial charge in [0.15, 0.2) is 0 Å². The number of methoxy groups -OCH3 is 2. The number of amides is 1. The fourth-order valence-corrected chi connectivity index (χ4v) is 5.60. The Labute approximate surface area is 205 Å². The van der Waals surface area contributed by atoms with Crippen molar-refractivity contribution in [2.24, 2.45) is 0 Å².